The molecule has 0 aromatic heterocycles. The van der Waals surface area contributed by atoms with Crippen LogP contribution in [0.2, 0.25) is 0 Å². The monoisotopic (exact) mass is 193 g/mol. The van der Waals surface area contributed by atoms with E-state index < -0.39 is 0 Å². The van der Waals surface area contributed by atoms with Crippen LogP contribution in [-0.4, -0.2) is 13.1 Å². The Hall–Kier alpha value is -0.480. The second-order valence-electron chi connectivity index (χ2n) is 4.22. The zero-order chi connectivity index (χ0) is 10.2. The lowest BCUT2D eigenvalue weighted by Gasteiger charge is -2.18. The molecule has 0 saturated heterocycles. The molecule has 1 heteroatoms. The first-order valence-corrected chi connectivity index (χ1v) is 5.98. The summed E-state index contributed by atoms with van der Waals surface area (Å²) < 4.78 is 0. The summed E-state index contributed by atoms with van der Waals surface area (Å²) in [4.78, 5) is 0. The van der Waals surface area contributed by atoms with Crippen molar-refractivity contribution >= 4 is 0 Å². The average Bonchev–Trinajstić information content (AvgIpc) is 2.63. The normalized spacial score (nSPS) is 25.9. The molecule has 0 aliphatic heterocycles. The predicted molar refractivity (Wildman–Crippen MR) is 62.1 cm³/mol. The topological polar surface area (TPSA) is 12.0 Å². The lowest BCUT2D eigenvalue weighted by molar-refractivity contribution is 0.353. The molecule has 0 aromatic rings. The van der Waals surface area contributed by atoms with Crippen LogP contribution in [0.4, 0.5) is 0 Å². The number of rotatable bonds is 5. The Morgan fingerprint density at radius 2 is 2.07 bits per heavy atom. The van der Waals surface area contributed by atoms with Gasteiger partial charge < -0.3 is 5.32 Å². The molecule has 80 valence electrons. The van der Waals surface area contributed by atoms with Gasteiger partial charge in [0, 0.05) is 6.42 Å². The Morgan fingerprint density at radius 3 is 2.79 bits per heavy atom. The van der Waals surface area contributed by atoms with Crippen LogP contribution in [0.15, 0.2) is 0 Å². The van der Waals surface area contributed by atoms with Crippen molar-refractivity contribution in [3.63, 3.8) is 0 Å². The first-order valence-electron chi connectivity index (χ1n) is 5.98. The zero-order valence-corrected chi connectivity index (χ0v) is 9.60. The first-order chi connectivity index (χ1) is 6.88. The quantitative estimate of drug-likeness (QED) is 0.662. The summed E-state index contributed by atoms with van der Waals surface area (Å²) in [5.41, 5.74) is 0. The van der Waals surface area contributed by atoms with Crippen molar-refractivity contribution in [2.75, 3.05) is 13.1 Å². The van der Waals surface area contributed by atoms with E-state index in [9.17, 15) is 0 Å². The smallest absolute Gasteiger partial charge is 0.00913 e. The maximum atomic E-state index is 3.47. The maximum Gasteiger partial charge on any atom is 0.00913 e. The Bertz CT molecular complexity index is 199. The minimum atomic E-state index is 0.925. The van der Waals surface area contributed by atoms with Gasteiger partial charge in [0.05, 0.1) is 0 Å². The first kappa shape index (κ1) is 11.6. The van der Waals surface area contributed by atoms with Gasteiger partial charge in [-0.05, 0) is 44.7 Å². The molecule has 1 saturated carbocycles. The summed E-state index contributed by atoms with van der Waals surface area (Å²) >= 11 is 0. The molecule has 1 nitrogen and oxygen atoms in total. The van der Waals surface area contributed by atoms with Gasteiger partial charge in [-0.3, -0.25) is 0 Å². The summed E-state index contributed by atoms with van der Waals surface area (Å²) in [6, 6.07) is 0. The fraction of sp³-hybridized carbons (Fsp3) is 0.846. The van der Waals surface area contributed by atoms with Gasteiger partial charge in [-0.2, -0.15) is 0 Å². The standard InChI is InChI=1S/C13H23N/c1-3-5-6-8-12-9-7-10-13(12)11-14-4-2/h12-14H,4,6-11H2,1-2H3. The number of hydrogen-bond acceptors (Lipinski definition) is 1. The highest BCUT2D eigenvalue weighted by atomic mass is 14.8. The van der Waals surface area contributed by atoms with Crippen LogP contribution in [0.5, 0.6) is 0 Å². The number of nitrogens with one attached hydrogen (secondary N) is 1. The van der Waals surface area contributed by atoms with Crippen molar-refractivity contribution in [3.8, 4) is 11.8 Å². The Kier molecular flexibility index (Phi) is 5.71. The van der Waals surface area contributed by atoms with Crippen LogP contribution in [-0.2, 0) is 0 Å². The molecule has 0 aromatic carbocycles. The van der Waals surface area contributed by atoms with Gasteiger partial charge in [0.15, 0.2) is 0 Å². The fourth-order valence-corrected chi connectivity index (χ4v) is 2.47. The summed E-state index contributed by atoms with van der Waals surface area (Å²) in [5, 5.41) is 3.47. The highest BCUT2D eigenvalue weighted by molar-refractivity contribution is 4.95. The van der Waals surface area contributed by atoms with Crippen molar-refractivity contribution in [1.29, 1.82) is 0 Å². The molecule has 0 bridgehead atoms. The van der Waals surface area contributed by atoms with E-state index in [4.69, 9.17) is 0 Å². The molecule has 14 heavy (non-hydrogen) atoms. The Balaban J connectivity index is 2.22. The predicted octanol–water partition coefficient (Wildman–Crippen LogP) is 2.82. The van der Waals surface area contributed by atoms with Crippen LogP contribution in [0.1, 0.15) is 46.0 Å². The van der Waals surface area contributed by atoms with Crippen molar-refractivity contribution in [2.24, 2.45) is 11.8 Å². The third-order valence-electron chi connectivity index (χ3n) is 3.29. The molecule has 1 rings (SSSR count). The van der Waals surface area contributed by atoms with E-state index in [0.29, 0.717) is 0 Å². The van der Waals surface area contributed by atoms with Gasteiger partial charge in [0.2, 0.25) is 0 Å². The molecular formula is C13H23N. The van der Waals surface area contributed by atoms with E-state index in [2.05, 4.69) is 24.1 Å². The van der Waals surface area contributed by atoms with E-state index in [-0.39, 0.29) is 0 Å². The molecule has 1 aliphatic carbocycles. The van der Waals surface area contributed by atoms with Gasteiger partial charge in [0.25, 0.3) is 0 Å². The second kappa shape index (κ2) is 6.90. The summed E-state index contributed by atoms with van der Waals surface area (Å²) in [6.45, 7) is 6.45. The lowest BCUT2D eigenvalue weighted by Crippen LogP contribution is -2.24. The van der Waals surface area contributed by atoms with Crippen molar-refractivity contribution in [2.45, 2.75) is 46.0 Å². The molecule has 0 spiro atoms. The molecule has 0 radical (unpaired) electrons. The van der Waals surface area contributed by atoms with Crippen LogP contribution in [0, 0.1) is 23.7 Å². The van der Waals surface area contributed by atoms with E-state index in [0.717, 1.165) is 24.8 Å². The SMILES string of the molecule is CC#CCCC1CCCC1CNCC. The molecule has 1 fully saturated rings. The molecule has 2 unspecified atom stereocenters. The Morgan fingerprint density at radius 1 is 1.29 bits per heavy atom. The largest absolute Gasteiger partial charge is 0.317 e. The molecular weight excluding hydrogens is 170 g/mol. The number of hydrogen-bond donors (Lipinski definition) is 1. The Labute approximate surface area is 88.7 Å². The van der Waals surface area contributed by atoms with Crippen LogP contribution in [0.25, 0.3) is 0 Å². The maximum absolute atomic E-state index is 3.47. The van der Waals surface area contributed by atoms with E-state index >= 15 is 0 Å². The van der Waals surface area contributed by atoms with Crippen molar-refractivity contribution < 1.29 is 0 Å². The van der Waals surface area contributed by atoms with Gasteiger partial charge in [0.1, 0.15) is 0 Å². The highest BCUT2D eigenvalue weighted by Crippen LogP contribution is 2.34. The van der Waals surface area contributed by atoms with Gasteiger partial charge in [-0.1, -0.05) is 19.8 Å². The molecule has 1 N–H and O–H groups in total. The molecule has 1 aliphatic rings. The van der Waals surface area contributed by atoms with E-state index in [1.807, 2.05) is 6.92 Å². The minimum Gasteiger partial charge on any atom is -0.317 e. The van der Waals surface area contributed by atoms with E-state index in [1.165, 1.54) is 32.2 Å². The highest BCUT2D eigenvalue weighted by Gasteiger charge is 2.25. The molecule has 0 heterocycles. The van der Waals surface area contributed by atoms with Crippen molar-refractivity contribution in [1.82, 2.24) is 5.32 Å². The third kappa shape index (κ3) is 3.72. The van der Waals surface area contributed by atoms with Crippen LogP contribution < -0.4 is 5.32 Å². The van der Waals surface area contributed by atoms with Crippen molar-refractivity contribution in [3.05, 3.63) is 0 Å². The zero-order valence-electron chi connectivity index (χ0n) is 9.60. The lowest BCUT2D eigenvalue weighted by atomic mass is 9.91. The van der Waals surface area contributed by atoms with Gasteiger partial charge >= 0.3 is 0 Å². The molecule has 0 amide bonds. The van der Waals surface area contributed by atoms with Crippen LogP contribution >= 0.6 is 0 Å². The average molecular weight is 193 g/mol. The third-order valence-corrected chi connectivity index (χ3v) is 3.29. The fourth-order valence-electron chi connectivity index (χ4n) is 2.47. The van der Waals surface area contributed by atoms with E-state index in [1.54, 1.807) is 0 Å². The summed E-state index contributed by atoms with van der Waals surface area (Å²) in [6.07, 6.45) is 6.71. The minimum absolute atomic E-state index is 0.925. The van der Waals surface area contributed by atoms with Crippen LogP contribution in [0.3, 0.4) is 0 Å². The molecule has 2 atom stereocenters. The second-order valence-corrected chi connectivity index (χ2v) is 4.22. The van der Waals surface area contributed by atoms with Gasteiger partial charge in [-0.25, -0.2) is 0 Å². The summed E-state index contributed by atoms with van der Waals surface area (Å²) in [7, 11) is 0. The van der Waals surface area contributed by atoms with Gasteiger partial charge in [-0.15, -0.1) is 11.8 Å². The summed E-state index contributed by atoms with van der Waals surface area (Å²) in [5.74, 6) is 8.03.